The Bertz CT molecular complexity index is 183. The van der Waals surface area contributed by atoms with Crippen LogP contribution in [-0.2, 0) is 23.7 Å². The minimum absolute atomic E-state index is 0.267. The van der Waals surface area contributed by atoms with Crippen LogP contribution >= 0.6 is 0 Å². The SMILES string of the molecule is COCCOCCOCC1COC(=O)O1. The van der Waals surface area contributed by atoms with Crippen molar-refractivity contribution in [1.82, 2.24) is 0 Å². The molecule has 0 N–H and O–H groups in total. The highest BCUT2D eigenvalue weighted by Gasteiger charge is 2.24. The van der Waals surface area contributed by atoms with Crippen LogP contribution in [0, 0.1) is 0 Å². The first kappa shape index (κ1) is 12.2. The monoisotopic (exact) mass is 220 g/mol. The number of carbonyl (C=O) groups excluding carboxylic acids is 1. The van der Waals surface area contributed by atoms with Gasteiger partial charge in [-0.25, -0.2) is 4.79 Å². The van der Waals surface area contributed by atoms with Crippen LogP contribution in [-0.4, -0.2) is 59.0 Å². The molecule has 1 heterocycles. The fourth-order valence-corrected chi connectivity index (χ4v) is 1.02. The zero-order valence-electron chi connectivity index (χ0n) is 8.77. The molecule has 0 amide bonds. The summed E-state index contributed by atoms with van der Waals surface area (Å²) in [6, 6.07) is 0. The van der Waals surface area contributed by atoms with Crippen LogP contribution in [0.1, 0.15) is 0 Å². The molecule has 1 unspecified atom stereocenters. The van der Waals surface area contributed by atoms with Crippen molar-refractivity contribution in [1.29, 1.82) is 0 Å². The van der Waals surface area contributed by atoms with E-state index in [1.165, 1.54) is 0 Å². The second-order valence-corrected chi connectivity index (χ2v) is 2.98. The minimum Gasteiger partial charge on any atom is -0.430 e. The van der Waals surface area contributed by atoms with Crippen molar-refractivity contribution in [3.63, 3.8) is 0 Å². The van der Waals surface area contributed by atoms with Gasteiger partial charge in [0.05, 0.1) is 33.0 Å². The molecule has 0 spiro atoms. The second kappa shape index (κ2) is 7.44. The largest absolute Gasteiger partial charge is 0.508 e. The Morgan fingerprint density at radius 2 is 2.00 bits per heavy atom. The van der Waals surface area contributed by atoms with Crippen molar-refractivity contribution in [3.05, 3.63) is 0 Å². The highest BCUT2D eigenvalue weighted by Crippen LogP contribution is 2.05. The fraction of sp³-hybridized carbons (Fsp3) is 0.889. The lowest BCUT2D eigenvalue weighted by molar-refractivity contribution is 0.000493. The number of rotatable bonds is 8. The third-order valence-corrected chi connectivity index (χ3v) is 1.76. The number of carbonyl (C=O) groups is 1. The average Bonchev–Trinajstić information content (AvgIpc) is 2.63. The van der Waals surface area contributed by atoms with Crippen LogP contribution in [0.5, 0.6) is 0 Å². The summed E-state index contributed by atoms with van der Waals surface area (Å²) in [5.74, 6) is 0. The molecule has 1 aliphatic heterocycles. The van der Waals surface area contributed by atoms with Crippen molar-refractivity contribution in [2.24, 2.45) is 0 Å². The molecule has 1 aliphatic rings. The molecule has 1 rings (SSSR count). The minimum atomic E-state index is -0.625. The Labute approximate surface area is 88.4 Å². The first-order valence-corrected chi connectivity index (χ1v) is 4.80. The van der Waals surface area contributed by atoms with E-state index < -0.39 is 6.16 Å². The average molecular weight is 220 g/mol. The first-order valence-electron chi connectivity index (χ1n) is 4.80. The Balaban J connectivity index is 1.83. The maximum atomic E-state index is 10.5. The lowest BCUT2D eigenvalue weighted by Gasteiger charge is -2.07. The summed E-state index contributed by atoms with van der Waals surface area (Å²) in [7, 11) is 1.62. The third-order valence-electron chi connectivity index (χ3n) is 1.76. The van der Waals surface area contributed by atoms with Gasteiger partial charge < -0.3 is 23.7 Å². The summed E-state index contributed by atoms with van der Waals surface area (Å²) >= 11 is 0. The van der Waals surface area contributed by atoms with Gasteiger partial charge in [0.25, 0.3) is 0 Å². The van der Waals surface area contributed by atoms with Gasteiger partial charge in [-0.1, -0.05) is 0 Å². The smallest absolute Gasteiger partial charge is 0.430 e. The van der Waals surface area contributed by atoms with Gasteiger partial charge in [-0.15, -0.1) is 0 Å². The van der Waals surface area contributed by atoms with Crippen molar-refractivity contribution in [3.8, 4) is 0 Å². The summed E-state index contributed by atoms with van der Waals surface area (Å²) in [5.41, 5.74) is 0. The number of cyclic esters (lactones) is 2. The Morgan fingerprint density at radius 1 is 1.27 bits per heavy atom. The molecule has 0 aromatic heterocycles. The lowest BCUT2D eigenvalue weighted by atomic mass is 10.4. The van der Waals surface area contributed by atoms with E-state index in [0.29, 0.717) is 33.0 Å². The Kier molecular flexibility index (Phi) is 6.06. The molecule has 0 bridgehead atoms. The van der Waals surface area contributed by atoms with Gasteiger partial charge in [-0.3, -0.25) is 0 Å². The maximum absolute atomic E-state index is 10.5. The van der Waals surface area contributed by atoms with E-state index in [4.69, 9.17) is 18.9 Å². The number of methoxy groups -OCH3 is 1. The predicted octanol–water partition coefficient (Wildman–Crippen LogP) is 0.201. The van der Waals surface area contributed by atoms with E-state index in [2.05, 4.69) is 4.74 Å². The van der Waals surface area contributed by atoms with Gasteiger partial charge in [0, 0.05) is 7.11 Å². The topological polar surface area (TPSA) is 63.2 Å². The highest BCUT2D eigenvalue weighted by molar-refractivity contribution is 5.61. The molecular formula is C9H16O6. The third kappa shape index (κ3) is 5.56. The molecule has 0 aromatic rings. The van der Waals surface area contributed by atoms with Crippen molar-refractivity contribution in [2.45, 2.75) is 6.10 Å². The molecule has 0 aromatic carbocycles. The molecule has 0 saturated carbocycles. The summed E-state index contributed by atoms with van der Waals surface area (Å²) in [6.45, 7) is 2.72. The highest BCUT2D eigenvalue weighted by atomic mass is 16.8. The van der Waals surface area contributed by atoms with Gasteiger partial charge in [0.15, 0.2) is 6.10 Å². The molecular weight excluding hydrogens is 204 g/mol. The summed E-state index contributed by atoms with van der Waals surface area (Å²) < 4.78 is 24.5. The van der Waals surface area contributed by atoms with Gasteiger partial charge in [-0.05, 0) is 0 Å². The van der Waals surface area contributed by atoms with Gasteiger partial charge >= 0.3 is 6.16 Å². The number of ether oxygens (including phenoxy) is 5. The van der Waals surface area contributed by atoms with Crippen LogP contribution in [0.15, 0.2) is 0 Å². The Morgan fingerprint density at radius 3 is 2.67 bits per heavy atom. The quantitative estimate of drug-likeness (QED) is 0.430. The summed E-state index contributed by atoms with van der Waals surface area (Å²) in [6.07, 6.45) is -0.906. The fourth-order valence-electron chi connectivity index (χ4n) is 1.02. The molecule has 88 valence electrons. The van der Waals surface area contributed by atoms with E-state index in [1.54, 1.807) is 7.11 Å². The molecule has 1 saturated heterocycles. The van der Waals surface area contributed by atoms with Gasteiger partial charge in [-0.2, -0.15) is 0 Å². The number of hydrogen-bond acceptors (Lipinski definition) is 6. The van der Waals surface area contributed by atoms with Crippen LogP contribution in [0.3, 0.4) is 0 Å². The first-order chi connectivity index (χ1) is 7.33. The predicted molar refractivity (Wildman–Crippen MR) is 49.7 cm³/mol. The van der Waals surface area contributed by atoms with E-state index in [1.807, 2.05) is 0 Å². The normalized spacial score (nSPS) is 20.1. The van der Waals surface area contributed by atoms with E-state index >= 15 is 0 Å². The van der Waals surface area contributed by atoms with E-state index in [0.717, 1.165) is 0 Å². The standard InChI is InChI=1S/C9H16O6/c1-11-2-3-12-4-5-13-6-8-7-14-9(10)15-8/h8H,2-7H2,1H3. The maximum Gasteiger partial charge on any atom is 0.508 e. The van der Waals surface area contributed by atoms with Crippen LogP contribution in [0.4, 0.5) is 4.79 Å². The van der Waals surface area contributed by atoms with Crippen molar-refractivity contribution >= 4 is 6.16 Å². The lowest BCUT2D eigenvalue weighted by Crippen LogP contribution is -2.19. The van der Waals surface area contributed by atoms with Crippen LogP contribution in [0.2, 0.25) is 0 Å². The van der Waals surface area contributed by atoms with Crippen LogP contribution < -0.4 is 0 Å². The molecule has 6 heteroatoms. The zero-order chi connectivity index (χ0) is 10.9. The molecule has 0 radical (unpaired) electrons. The van der Waals surface area contributed by atoms with Gasteiger partial charge in [0.2, 0.25) is 0 Å². The van der Waals surface area contributed by atoms with E-state index in [-0.39, 0.29) is 12.7 Å². The van der Waals surface area contributed by atoms with Crippen LogP contribution in [0.25, 0.3) is 0 Å². The second-order valence-electron chi connectivity index (χ2n) is 2.98. The Hall–Kier alpha value is -0.850. The van der Waals surface area contributed by atoms with Crippen molar-refractivity contribution < 1.29 is 28.5 Å². The molecule has 0 aliphatic carbocycles. The van der Waals surface area contributed by atoms with Gasteiger partial charge in [0.1, 0.15) is 6.61 Å². The molecule has 15 heavy (non-hydrogen) atoms. The molecule has 6 nitrogen and oxygen atoms in total. The molecule has 1 atom stereocenters. The van der Waals surface area contributed by atoms with Crippen molar-refractivity contribution in [2.75, 3.05) is 46.8 Å². The number of hydrogen-bond donors (Lipinski definition) is 0. The molecule has 1 fully saturated rings. The summed E-state index contributed by atoms with van der Waals surface area (Å²) in [5, 5.41) is 0. The summed E-state index contributed by atoms with van der Waals surface area (Å²) in [4.78, 5) is 10.5. The van der Waals surface area contributed by atoms with E-state index in [9.17, 15) is 4.79 Å². The zero-order valence-corrected chi connectivity index (χ0v) is 8.77.